The molecule has 0 fully saturated rings. The maximum Gasteiger partial charge on any atom is 0.329 e. The molecule has 0 bridgehead atoms. The Bertz CT molecular complexity index is 474. The van der Waals surface area contributed by atoms with Crippen LogP contribution in [0.3, 0.4) is 0 Å². The highest BCUT2D eigenvalue weighted by molar-refractivity contribution is 5.77. The predicted molar refractivity (Wildman–Crippen MR) is 117 cm³/mol. The number of esters is 1. The Morgan fingerprint density at radius 3 is 1.88 bits per heavy atom. The van der Waals surface area contributed by atoms with Gasteiger partial charge in [0.15, 0.2) is 0 Å². The van der Waals surface area contributed by atoms with Crippen LogP contribution in [0.15, 0.2) is 0 Å². The second-order valence-electron chi connectivity index (χ2n) is 7.17. The summed E-state index contributed by atoms with van der Waals surface area (Å²) in [6, 6.07) is 0. The summed E-state index contributed by atoms with van der Waals surface area (Å²) < 4.78 is 25.8. The quantitative estimate of drug-likeness (QED) is 0.163. The van der Waals surface area contributed by atoms with E-state index in [-0.39, 0.29) is 19.2 Å². The molecule has 0 saturated heterocycles. The van der Waals surface area contributed by atoms with Crippen LogP contribution >= 0.6 is 0 Å². The fourth-order valence-electron chi connectivity index (χ4n) is 2.60. The van der Waals surface area contributed by atoms with Gasteiger partial charge in [0, 0.05) is 13.0 Å². The van der Waals surface area contributed by atoms with Crippen molar-refractivity contribution in [2.75, 3.05) is 66.0 Å². The van der Waals surface area contributed by atoms with Gasteiger partial charge < -0.3 is 34.1 Å². The van der Waals surface area contributed by atoms with E-state index in [1.807, 2.05) is 0 Å². The van der Waals surface area contributed by atoms with Crippen molar-refractivity contribution in [3.05, 3.63) is 0 Å². The Balaban J connectivity index is 3.22. The number of carbonyl (C=O) groups is 3. The first kappa shape index (κ1) is 30.2. The maximum absolute atomic E-state index is 11.6. The van der Waals surface area contributed by atoms with Gasteiger partial charge in [0.1, 0.15) is 19.8 Å². The summed E-state index contributed by atoms with van der Waals surface area (Å²) in [5.41, 5.74) is 0. The van der Waals surface area contributed by atoms with Gasteiger partial charge in [0.25, 0.3) is 0 Å². The zero-order chi connectivity index (χ0) is 23.7. The molecule has 0 rings (SSSR count). The maximum atomic E-state index is 11.6. The number of unbranched alkanes of at least 4 members (excludes halogenated alkanes) is 6. The molecular weight excluding hydrogens is 422 g/mol. The molecule has 0 aliphatic rings. The van der Waals surface area contributed by atoms with Gasteiger partial charge in [-0.05, 0) is 6.42 Å². The summed E-state index contributed by atoms with van der Waals surface area (Å²) in [4.78, 5) is 33.1. The molecule has 0 saturated carbocycles. The lowest BCUT2D eigenvalue weighted by Crippen LogP contribution is -2.31. The number of carboxylic acids is 1. The van der Waals surface area contributed by atoms with Gasteiger partial charge in [-0.3, -0.25) is 9.59 Å². The Kier molecular flexibility index (Phi) is 22.6. The van der Waals surface area contributed by atoms with Crippen LogP contribution in [-0.4, -0.2) is 89.0 Å². The first-order valence-corrected chi connectivity index (χ1v) is 11.5. The molecule has 0 spiro atoms. The Hall–Kier alpha value is -1.75. The first-order chi connectivity index (χ1) is 15.6. The molecule has 0 aliphatic carbocycles. The number of aliphatic carboxylic acids is 1. The molecule has 0 aromatic carbocycles. The molecule has 10 heteroatoms. The van der Waals surface area contributed by atoms with Gasteiger partial charge in [-0.1, -0.05) is 45.4 Å². The lowest BCUT2D eigenvalue weighted by molar-refractivity contribution is -0.146. The highest BCUT2D eigenvalue weighted by atomic mass is 16.6. The highest BCUT2D eigenvalue weighted by Crippen LogP contribution is 2.08. The van der Waals surface area contributed by atoms with Crippen molar-refractivity contribution in [1.82, 2.24) is 5.32 Å². The number of ether oxygens (including phenoxy) is 5. The van der Waals surface area contributed by atoms with Gasteiger partial charge in [0.2, 0.25) is 5.91 Å². The Morgan fingerprint density at radius 2 is 1.25 bits per heavy atom. The molecule has 10 nitrogen and oxygen atoms in total. The predicted octanol–water partition coefficient (Wildman–Crippen LogP) is 1.94. The van der Waals surface area contributed by atoms with Gasteiger partial charge in [-0.25, -0.2) is 4.79 Å². The third kappa shape index (κ3) is 24.5. The third-order valence-electron chi connectivity index (χ3n) is 4.25. The molecule has 0 aliphatic heterocycles. The summed E-state index contributed by atoms with van der Waals surface area (Å²) >= 11 is 0. The normalized spacial score (nSPS) is 10.8. The monoisotopic (exact) mass is 463 g/mol. The minimum Gasteiger partial charge on any atom is -0.480 e. The van der Waals surface area contributed by atoms with Crippen molar-refractivity contribution in [3.8, 4) is 0 Å². The molecule has 32 heavy (non-hydrogen) atoms. The van der Waals surface area contributed by atoms with Gasteiger partial charge in [0.05, 0.1) is 39.6 Å². The molecule has 2 N–H and O–H groups in total. The SMILES string of the molecule is CCCCCCCCCC(=O)OCCOCCOCCOCCNC(=O)COCC(=O)O. The standard InChI is InChI=1S/C22H41NO9/c1-2-3-4-5-6-7-8-9-22(27)32-17-16-30-15-14-29-13-12-28-11-10-23-20(24)18-31-19-21(25)26/h2-19H2,1H3,(H,23,24)(H,25,26). The smallest absolute Gasteiger partial charge is 0.329 e. The van der Waals surface area contributed by atoms with E-state index in [9.17, 15) is 14.4 Å². The van der Waals surface area contributed by atoms with Crippen molar-refractivity contribution < 1.29 is 43.2 Å². The van der Waals surface area contributed by atoms with Gasteiger partial charge in [-0.2, -0.15) is 0 Å². The van der Waals surface area contributed by atoms with E-state index in [1.165, 1.54) is 32.1 Å². The summed E-state index contributed by atoms with van der Waals surface area (Å²) in [5, 5.41) is 10.9. The number of carbonyl (C=O) groups excluding carboxylic acids is 2. The van der Waals surface area contributed by atoms with E-state index >= 15 is 0 Å². The number of amides is 1. The topological polar surface area (TPSA) is 130 Å². The number of hydrogen-bond donors (Lipinski definition) is 2. The average Bonchev–Trinajstić information content (AvgIpc) is 2.76. The van der Waals surface area contributed by atoms with Crippen LogP contribution in [0.25, 0.3) is 0 Å². The van der Waals surface area contributed by atoms with Gasteiger partial charge in [-0.15, -0.1) is 0 Å². The van der Waals surface area contributed by atoms with E-state index < -0.39 is 18.5 Å². The van der Waals surface area contributed by atoms with E-state index in [0.29, 0.717) is 52.6 Å². The third-order valence-corrected chi connectivity index (χ3v) is 4.25. The summed E-state index contributed by atoms with van der Waals surface area (Å²) in [5.74, 6) is -1.68. The van der Waals surface area contributed by atoms with Crippen LogP contribution < -0.4 is 5.32 Å². The van der Waals surface area contributed by atoms with Gasteiger partial charge >= 0.3 is 11.9 Å². The zero-order valence-electron chi connectivity index (χ0n) is 19.4. The minimum atomic E-state index is -1.12. The fraction of sp³-hybridized carbons (Fsp3) is 0.864. The van der Waals surface area contributed by atoms with E-state index in [4.69, 9.17) is 24.1 Å². The number of carboxylic acid groups (broad SMARTS) is 1. The van der Waals surface area contributed by atoms with E-state index in [2.05, 4.69) is 17.0 Å². The van der Waals surface area contributed by atoms with Crippen LogP contribution in [0.1, 0.15) is 58.3 Å². The second kappa shape index (κ2) is 23.9. The molecule has 1 amide bonds. The summed E-state index contributed by atoms with van der Waals surface area (Å²) in [7, 11) is 0. The summed E-state index contributed by atoms with van der Waals surface area (Å²) in [6.07, 6.45) is 8.68. The Labute approximate surface area is 191 Å². The van der Waals surface area contributed by atoms with E-state index in [1.54, 1.807) is 0 Å². The minimum absolute atomic E-state index is 0.167. The highest BCUT2D eigenvalue weighted by Gasteiger charge is 2.04. The van der Waals surface area contributed by atoms with E-state index in [0.717, 1.165) is 12.8 Å². The molecule has 0 aromatic heterocycles. The average molecular weight is 464 g/mol. The van der Waals surface area contributed by atoms with Crippen molar-refractivity contribution in [2.45, 2.75) is 58.3 Å². The van der Waals surface area contributed by atoms with Crippen molar-refractivity contribution in [2.24, 2.45) is 0 Å². The second-order valence-corrected chi connectivity index (χ2v) is 7.17. The first-order valence-electron chi connectivity index (χ1n) is 11.5. The molecular formula is C22H41NO9. The lowest BCUT2D eigenvalue weighted by atomic mass is 10.1. The van der Waals surface area contributed by atoms with Crippen molar-refractivity contribution in [3.63, 3.8) is 0 Å². The largest absolute Gasteiger partial charge is 0.480 e. The molecule has 188 valence electrons. The molecule has 0 atom stereocenters. The zero-order valence-corrected chi connectivity index (χ0v) is 19.4. The van der Waals surface area contributed by atoms with Crippen LogP contribution in [-0.2, 0) is 38.1 Å². The number of rotatable bonds is 24. The molecule has 0 aromatic rings. The molecule has 0 radical (unpaired) electrons. The van der Waals surface area contributed by atoms with Crippen molar-refractivity contribution >= 4 is 17.8 Å². The summed E-state index contributed by atoms with van der Waals surface area (Å²) in [6.45, 7) is 4.20. The lowest BCUT2D eigenvalue weighted by Gasteiger charge is -2.08. The van der Waals surface area contributed by atoms with Crippen LogP contribution in [0.5, 0.6) is 0 Å². The molecule has 0 heterocycles. The Morgan fingerprint density at radius 1 is 0.688 bits per heavy atom. The fourth-order valence-corrected chi connectivity index (χ4v) is 2.60. The van der Waals surface area contributed by atoms with Crippen LogP contribution in [0.4, 0.5) is 0 Å². The number of nitrogens with one attached hydrogen (secondary N) is 1. The number of hydrogen-bond acceptors (Lipinski definition) is 8. The van der Waals surface area contributed by atoms with Crippen LogP contribution in [0, 0.1) is 0 Å². The van der Waals surface area contributed by atoms with Crippen LogP contribution in [0.2, 0.25) is 0 Å². The van der Waals surface area contributed by atoms with Crippen molar-refractivity contribution in [1.29, 1.82) is 0 Å². The molecule has 0 unspecified atom stereocenters.